The maximum Gasteiger partial charge on any atom is 0.126 e. The SMILES string of the molecule is COCc1cc(C(c2ccc(C(C)c3cc(COC)c(O)c(COC)c3)cc2)c2cc(COC)c(O)c(COC)c2C)cc(C)c1O. The summed E-state index contributed by atoms with van der Waals surface area (Å²) in [6.45, 7) is 7.39. The van der Waals surface area contributed by atoms with Gasteiger partial charge < -0.3 is 39.0 Å². The fourth-order valence-electron chi connectivity index (χ4n) is 6.40. The molecule has 47 heavy (non-hydrogen) atoms. The lowest BCUT2D eigenvalue weighted by atomic mass is 9.79. The van der Waals surface area contributed by atoms with Gasteiger partial charge in [0.05, 0.1) is 33.0 Å². The predicted molar refractivity (Wildman–Crippen MR) is 182 cm³/mol. The van der Waals surface area contributed by atoms with E-state index in [0.29, 0.717) is 29.9 Å². The van der Waals surface area contributed by atoms with Gasteiger partial charge in [-0.2, -0.15) is 0 Å². The largest absolute Gasteiger partial charge is 0.507 e. The summed E-state index contributed by atoms with van der Waals surface area (Å²) in [6, 6.07) is 18.6. The Morgan fingerprint density at radius 3 is 1.47 bits per heavy atom. The zero-order chi connectivity index (χ0) is 34.2. The van der Waals surface area contributed by atoms with E-state index in [1.165, 1.54) is 0 Å². The van der Waals surface area contributed by atoms with Gasteiger partial charge in [0.1, 0.15) is 17.2 Å². The molecule has 4 rings (SSSR count). The zero-order valence-corrected chi connectivity index (χ0v) is 28.8. The number of hydrogen-bond acceptors (Lipinski definition) is 8. The van der Waals surface area contributed by atoms with Gasteiger partial charge in [0.2, 0.25) is 0 Å². The van der Waals surface area contributed by atoms with Crippen LogP contribution in [0.2, 0.25) is 0 Å². The van der Waals surface area contributed by atoms with Crippen LogP contribution in [0.5, 0.6) is 17.2 Å². The van der Waals surface area contributed by atoms with Gasteiger partial charge in [0, 0.05) is 75.2 Å². The van der Waals surface area contributed by atoms with E-state index in [-0.39, 0.29) is 48.9 Å². The Morgan fingerprint density at radius 2 is 0.957 bits per heavy atom. The van der Waals surface area contributed by atoms with Crippen LogP contribution < -0.4 is 0 Å². The molecule has 8 nitrogen and oxygen atoms in total. The third-order valence-electron chi connectivity index (χ3n) is 8.90. The molecule has 0 aromatic heterocycles. The number of benzene rings is 4. The molecule has 252 valence electrons. The maximum absolute atomic E-state index is 11.2. The third-order valence-corrected chi connectivity index (χ3v) is 8.90. The molecule has 2 atom stereocenters. The van der Waals surface area contributed by atoms with Crippen molar-refractivity contribution in [2.75, 3.05) is 35.5 Å². The van der Waals surface area contributed by atoms with Crippen LogP contribution in [0.15, 0.2) is 54.6 Å². The smallest absolute Gasteiger partial charge is 0.126 e. The summed E-state index contributed by atoms with van der Waals surface area (Å²) in [5.41, 5.74) is 10.4. The molecule has 8 heteroatoms. The number of phenolic OH excluding ortho intramolecular Hbond substituents is 3. The Balaban J connectivity index is 1.89. The van der Waals surface area contributed by atoms with E-state index in [2.05, 4.69) is 31.2 Å². The summed E-state index contributed by atoms with van der Waals surface area (Å²) in [5, 5.41) is 32.8. The van der Waals surface area contributed by atoms with Crippen LogP contribution in [-0.4, -0.2) is 50.9 Å². The Morgan fingerprint density at radius 1 is 0.511 bits per heavy atom. The lowest BCUT2D eigenvalue weighted by Gasteiger charge is -2.26. The van der Waals surface area contributed by atoms with Crippen LogP contribution >= 0.6 is 0 Å². The minimum Gasteiger partial charge on any atom is -0.507 e. The highest BCUT2D eigenvalue weighted by atomic mass is 16.5. The van der Waals surface area contributed by atoms with E-state index in [1.807, 2.05) is 44.2 Å². The first-order chi connectivity index (χ1) is 22.6. The van der Waals surface area contributed by atoms with Crippen LogP contribution in [0, 0.1) is 13.8 Å². The van der Waals surface area contributed by atoms with E-state index in [9.17, 15) is 15.3 Å². The second-order valence-corrected chi connectivity index (χ2v) is 12.1. The van der Waals surface area contributed by atoms with E-state index < -0.39 is 0 Å². The van der Waals surface area contributed by atoms with Crippen molar-refractivity contribution in [3.63, 3.8) is 0 Å². The molecular weight excluding hydrogens is 596 g/mol. The highest BCUT2D eigenvalue weighted by molar-refractivity contribution is 5.57. The van der Waals surface area contributed by atoms with Crippen molar-refractivity contribution < 1.29 is 39.0 Å². The Bertz CT molecular complexity index is 1630. The Kier molecular flexibility index (Phi) is 12.4. The molecule has 3 N–H and O–H groups in total. The quantitative estimate of drug-likeness (QED) is 0.114. The molecular formula is C39H48O8. The molecule has 0 spiro atoms. The number of hydrogen-bond donors (Lipinski definition) is 3. The standard InChI is InChI=1S/C39H48O8/c1-23-13-29(16-30(18-43-4)37(23)40)36(34-17-33(21-46-7)39(42)35(22-47-8)25(34)3)27-11-9-26(10-12-27)24(2)28-14-31(19-44-5)38(41)32(15-28)20-45-6/h9-17,24,36,40-42H,18-22H2,1-8H3. The summed E-state index contributed by atoms with van der Waals surface area (Å²) in [7, 11) is 8.06. The number of aromatic hydroxyl groups is 3. The molecule has 0 amide bonds. The molecule has 4 aromatic rings. The minimum absolute atomic E-state index is 0.0237. The molecule has 0 aliphatic carbocycles. The van der Waals surface area contributed by atoms with E-state index >= 15 is 0 Å². The van der Waals surface area contributed by atoms with Gasteiger partial charge in [-0.15, -0.1) is 0 Å². The number of phenols is 3. The maximum atomic E-state index is 11.2. The monoisotopic (exact) mass is 644 g/mol. The Labute approximate surface area is 278 Å². The van der Waals surface area contributed by atoms with Crippen molar-refractivity contribution in [2.24, 2.45) is 0 Å². The lowest BCUT2D eigenvalue weighted by Crippen LogP contribution is -2.11. The van der Waals surface area contributed by atoms with Crippen molar-refractivity contribution >= 4 is 0 Å². The molecule has 0 saturated carbocycles. The molecule has 4 aromatic carbocycles. The van der Waals surface area contributed by atoms with Gasteiger partial charge in [0.25, 0.3) is 0 Å². The van der Waals surface area contributed by atoms with Gasteiger partial charge in [-0.3, -0.25) is 0 Å². The molecule has 0 radical (unpaired) electrons. The number of methoxy groups -OCH3 is 5. The highest BCUT2D eigenvalue weighted by Crippen LogP contribution is 2.42. The topological polar surface area (TPSA) is 107 Å². The first-order valence-electron chi connectivity index (χ1n) is 15.7. The molecule has 0 saturated heterocycles. The fourth-order valence-corrected chi connectivity index (χ4v) is 6.40. The molecule has 0 bridgehead atoms. The van der Waals surface area contributed by atoms with Crippen LogP contribution in [0.4, 0.5) is 0 Å². The van der Waals surface area contributed by atoms with Crippen LogP contribution in [0.25, 0.3) is 0 Å². The van der Waals surface area contributed by atoms with Gasteiger partial charge >= 0.3 is 0 Å². The van der Waals surface area contributed by atoms with Crippen molar-refractivity contribution in [3.8, 4) is 17.2 Å². The van der Waals surface area contributed by atoms with Crippen molar-refractivity contribution in [1.29, 1.82) is 0 Å². The normalized spacial score (nSPS) is 12.8. The Hall–Kier alpha value is -3.92. The lowest BCUT2D eigenvalue weighted by molar-refractivity contribution is 0.174. The van der Waals surface area contributed by atoms with Crippen LogP contribution in [0.3, 0.4) is 0 Å². The van der Waals surface area contributed by atoms with E-state index in [1.54, 1.807) is 35.5 Å². The number of ether oxygens (including phenoxy) is 5. The summed E-state index contributed by atoms with van der Waals surface area (Å²) in [5.74, 6) is 0.377. The van der Waals surface area contributed by atoms with Crippen molar-refractivity contribution in [3.05, 3.63) is 121 Å². The fraction of sp³-hybridized carbons (Fsp3) is 0.385. The summed E-state index contributed by atoms with van der Waals surface area (Å²) in [6.07, 6.45) is 0. The molecule has 0 heterocycles. The molecule has 0 aliphatic heterocycles. The van der Waals surface area contributed by atoms with Crippen LogP contribution in [0.1, 0.15) is 85.5 Å². The third kappa shape index (κ3) is 7.80. The highest BCUT2D eigenvalue weighted by Gasteiger charge is 2.26. The van der Waals surface area contributed by atoms with Gasteiger partial charge in [-0.05, 0) is 77.1 Å². The van der Waals surface area contributed by atoms with E-state index in [0.717, 1.165) is 50.1 Å². The molecule has 2 unspecified atom stereocenters. The average Bonchev–Trinajstić information content (AvgIpc) is 3.06. The van der Waals surface area contributed by atoms with Gasteiger partial charge in [-0.25, -0.2) is 0 Å². The summed E-state index contributed by atoms with van der Waals surface area (Å²) < 4.78 is 27.1. The summed E-state index contributed by atoms with van der Waals surface area (Å²) >= 11 is 0. The number of aryl methyl sites for hydroxylation is 1. The van der Waals surface area contributed by atoms with Crippen LogP contribution in [-0.2, 0) is 56.7 Å². The van der Waals surface area contributed by atoms with Gasteiger partial charge in [0.15, 0.2) is 0 Å². The second-order valence-electron chi connectivity index (χ2n) is 12.1. The minimum atomic E-state index is -0.239. The molecule has 0 fully saturated rings. The van der Waals surface area contributed by atoms with E-state index in [4.69, 9.17) is 23.7 Å². The summed E-state index contributed by atoms with van der Waals surface area (Å²) in [4.78, 5) is 0. The number of rotatable bonds is 15. The van der Waals surface area contributed by atoms with Gasteiger partial charge in [-0.1, -0.05) is 37.3 Å². The predicted octanol–water partition coefficient (Wildman–Crippen LogP) is 7.48. The first-order valence-corrected chi connectivity index (χ1v) is 15.7. The zero-order valence-electron chi connectivity index (χ0n) is 28.8. The first kappa shape index (κ1) is 35.9. The second kappa shape index (κ2) is 16.3. The van der Waals surface area contributed by atoms with Crippen molar-refractivity contribution in [1.82, 2.24) is 0 Å². The van der Waals surface area contributed by atoms with Crippen molar-refractivity contribution in [2.45, 2.75) is 65.6 Å². The average molecular weight is 645 g/mol. The molecule has 0 aliphatic rings.